The topological polar surface area (TPSA) is 35.6 Å². The van der Waals surface area contributed by atoms with Gasteiger partial charge in [0.05, 0.1) is 5.54 Å². The minimum absolute atomic E-state index is 0.299. The van der Waals surface area contributed by atoms with Crippen LogP contribution in [0, 0.1) is 0 Å². The Hall–Kier alpha value is -0.610. The molecule has 0 saturated carbocycles. The van der Waals surface area contributed by atoms with Gasteiger partial charge in [-0.3, -0.25) is 4.79 Å². The molecule has 1 amide bonds. The molecule has 1 atom stereocenters. The molecule has 1 unspecified atom stereocenters. The number of rotatable bonds is 2. The summed E-state index contributed by atoms with van der Waals surface area (Å²) in [6.45, 7) is 10.2. The van der Waals surface area contributed by atoms with Gasteiger partial charge in [-0.15, -0.1) is 0 Å². The zero-order chi connectivity index (χ0) is 12.3. The predicted octanol–water partition coefficient (Wildman–Crippen LogP) is 0.683. The Labute approximate surface area is 104 Å². The summed E-state index contributed by atoms with van der Waals surface area (Å²) in [5.74, 6) is 0.313. The van der Waals surface area contributed by atoms with Gasteiger partial charge < -0.3 is 15.1 Å². The molecule has 0 aromatic heterocycles. The third-order valence-electron chi connectivity index (χ3n) is 4.20. The molecule has 4 nitrogen and oxygen atoms in total. The summed E-state index contributed by atoms with van der Waals surface area (Å²) < 4.78 is 0. The van der Waals surface area contributed by atoms with Gasteiger partial charge in [-0.05, 0) is 39.3 Å². The van der Waals surface area contributed by atoms with Gasteiger partial charge in [0.25, 0.3) is 0 Å². The zero-order valence-electron chi connectivity index (χ0n) is 11.2. The van der Waals surface area contributed by atoms with Crippen molar-refractivity contribution in [2.24, 2.45) is 0 Å². The Kier molecular flexibility index (Phi) is 4.05. The van der Waals surface area contributed by atoms with Crippen LogP contribution in [-0.2, 0) is 4.79 Å². The van der Waals surface area contributed by atoms with Crippen molar-refractivity contribution in [1.82, 2.24) is 15.1 Å². The third kappa shape index (κ3) is 2.80. The van der Waals surface area contributed by atoms with Crippen molar-refractivity contribution in [2.45, 2.75) is 38.6 Å². The summed E-state index contributed by atoms with van der Waals surface area (Å²) in [6, 6.07) is 0. The van der Waals surface area contributed by atoms with Gasteiger partial charge in [0.1, 0.15) is 0 Å². The Balaban J connectivity index is 1.91. The van der Waals surface area contributed by atoms with Crippen molar-refractivity contribution in [3.63, 3.8) is 0 Å². The van der Waals surface area contributed by atoms with E-state index < -0.39 is 0 Å². The Bertz CT molecular complexity index is 266. The van der Waals surface area contributed by atoms with E-state index in [1.54, 1.807) is 0 Å². The van der Waals surface area contributed by atoms with Crippen molar-refractivity contribution in [3.05, 3.63) is 0 Å². The fraction of sp³-hybridized carbons (Fsp3) is 0.923. The van der Waals surface area contributed by atoms with Gasteiger partial charge in [0, 0.05) is 26.2 Å². The maximum atomic E-state index is 12.5. The van der Waals surface area contributed by atoms with Gasteiger partial charge in [0.2, 0.25) is 5.91 Å². The highest BCUT2D eigenvalue weighted by molar-refractivity contribution is 5.86. The van der Waals surface area contributed by atoms with Crippen LogP contribution in [-0.4, -0.2) is 60.5 Å². The predicted molar refractivity (Wildman–Crippen MR) is 69.0 cm³/mol. The summed E-state index contributed by atoms with van der Waals surface area (Å²) in [5, 5.41) is 3.41. The van der Waals surface area contributed by atoms with E-state index in [-0.39, 0.29) is 5.54 Å². The molecule has 0 radical (unpaired) electrons. The van der Waals surface area contributed by atoms with E-state index in [1.165, 1.54) is 12.8 Å². The van der Waals surface area contributed by atoms with E-state index in [4.69, 9.17) is 0 Å². The quantitative estimate of drug-likeness (QED) is 0.770. The molecule has 0 aliphatic carbocycles. The fourth-order valence-corrected chi connectivity index (χ4v) is 2.85. The number of hydrogen-bond donors (Lipinski definition) is 1. The van der Waals surface area contributed by atoms with E-state index in [9.17, 15) is 4.79 Å². The Morgan fingerprint density at radius 2 is 1.94 bits per heavy atom. The van der Waals surface area contributed by atoms with Crippen LogP contribution < -0.4 is 5.32 Å². The SMILES string of the molecule is CCN1CCN(C(=O)C2(C)CCCCN2)CC1. The number of hydrogen-bond acceptors (Lipinski definition) is 3. The second-order valence-corrected chi connectivity index (χ2v) is 5.44. The molecule has 17 heavy (non-hydrogen) atoms. The van der Waals surface area contributed by atoms with Crippen molar-refractivity contribution in [1.29, 1.82) is 0 Å². The number of nitrogens with one attached hydrogen (secondary N) is 1. The second kappa shape index (κ2) is 5.36. The molecule has 2 heterocycles. The fourth-order valence-electron chi connectivity index (χ4n) is 2.85. The second-order valence-electron chi connectivity index (χ2n) is 5.44. The molecule has 0 aromatic carbocycles. The normalized spacial score (nSPS) is 31.5. The molecule has 2 aliphatic rings. The largest absolute Gasteiger partial charge is 0.339 e. The van der Waals surface area contributed by atoms with E-state index in [2.05, 4.69) is 24.1 Å². The lowest BCUT2D eigenvalue weighted by Crippen LogP contribution is -2.61. The molecule has 98 valence electrons. The number of piperazine rings is 1. The highest BCUT2D eigenvalue weighted by atomic mass is 16.2. The number of carbonyl (C=O) groups is 1. The summed E-state index contributed by atoms with van der Waals surface area (Å²) in [7, 11) is 0. The van der Waals surface area contributed by atoms with Crippen LogP contribution in [0.1, 0.15) is 33.1 Å². The number of carbonyl (C=O) groups excluding carboxylic acids is 1. The summed E-state index contributed by atoms with van der Waals surface area (Å²) in [4.78, 5) is 17.0. The van der Waals surface area contributed by atoms with Gasteiger partial charge in [0.15, 0.2) is 0 Å². The van der Waals surface area contributed by atoms with Crippen LogP contribution in [0.5, 0.6) is 0 Å². The first-order valence-electron chi connectivity index (χ1n) is 6.92. The Morgan fingerprint density at radius 3 is 2.47 bits per heavy atom. The van der Waals surface area contributed by atoms with E-state index in [0.29, 0.717) is 5.91 Å². The van der Waals surface area contributed by atoms with Gasteiger partial charge in [-0.2, -0.15) is 0 Å². The lowest BCUT2D eigenvalue weighted by molar-refractivity contribution is -0.140. The van der Waals surface area contributed by atoms with Crippen LogP contribution in [0.3, 0.4) is 0 Å². The molecule has 0 spiro atoms. The van der Waals surface area contributed by atoms with Crippen molar-refractivity contribution >= 4 is 5.91 Å². The molecule has 2 saturated heterocycles. The smallest absolute Gasteiger partial charge is 0.242 e. The van der Waals surface area contributed by atoms with Gasteiger partial charge in [-0.1, -0.05) is 6.92 Å². The van der Waals surface area contributed by atoms with Crippen molar-refractivity contribution in [2.75, 3.05) is 39.3 Å². The Morgan fingerprint density at radius 1 is 1.24 bits per heavy atom. The molecule has 0 bridgehead atoms. The maximum absolute atomic E-state index is 12.5. The highest BCUT2D eigenvalue weighted by Gasteiger charge is 2.38. The average Bonchev–Trinajstić information content (AvgIpc) is 2.39. The van der Waals surface area contributed by atoms with E-state index >= 15 is 0 Å². The molecule has 0 aromatic rings. The number of piperidine rings is 1. The number of likely N-dealkylation sites (N-methyl/N-ethyl adjacent to an activating group) is 1. The van der Waals surface area contributed by atoms with Crippen molar-refractivity contribution in [3.8, 4) is 0 Å². The van der Waals surface area contributed by atoms with Crippen LogP contribution in [0.2, 0.25) is 0 Å². The van der Waals surface area contributed by atoms with Gasteiger partial charge >= 0.3 is 0 Å². The number of nitrogens with zero attached hydrogens (tertiary/aromatic N) is 2. The van der Waals surface area contributed by atoms with E-state index in [1.807, 2.05) is 4.90 Å². The monoisotopic (exact) mass is 239 g/mol. The van der Waals surface area contributed by atoms with E-state index in [0.717, 1.165) is 45.7 Å². The molecule has 1 N–H and O–H groups in total. The lowest BCUT2D eigenvalue weighted by Gasteiger charge is -2.41. The maximum Gasteiger partial charge on any atom is 0.242 e. The first-order chi connectivity index (χ1) is 8.15. The molecular weight excluding hydrogens is 214 g/mol. The van der Waals surface area contributed by atoms with Crippen molar-refractivity contribution < 1.29 is 4.79 Å². The first kappa shape index (κ1) is 12.8. The molecule has 4 heteroatoms. The van der Waals surface area contributed by atoms with Crippen LogP contribution >= 0.6 is 0 Å². The summed E-state index contributed by atoms with van der Waals surface area (Å²) >= 11 is 0. The summed E-state index contributed by atoms with van der Waals surface area (Å²) in [6.07, 6.45) is 3.36. The average molecular weight is 239 g/mol. The lowest BCUT2D eigenvalue weighted by atomic mass is 9.89. The molecule has 2 aliphatic heterocycles. The molecular formula is C13H25N3O. The third-order valence-corrected chi connectivity index (χ3v) is 4.20. The number of amides is 1. The zero-order valence-corrected chi connectivity index (χ0v) is 11.2. The molecule has 2 fully saturated rings. The molecule has 2 rings (SSSR count). The van der Waals surface area contributed by atoms with Gasteiger partial charge in [-0.25, -0.2) is 0 Å². The van der Waals surface area contributed by atoms with Crippen LogP contribution in [0.15, 0.2) is 0 Å². The highest BCUT2D eigenvalue weighted by Crippen LogP contribution is 2.21. The first-order valence-corrected chi connectivity index (χ1v) is 6.92. The van der Waals surface area contributed by atoms with Crippen LogP contribution in [0.4, 0.5) is 0 Å². The summed E-state index contributed by atoms with van der Waals surface area (Å²) in [5.41, 5.74) is -0.299. The minimum Gasteiger partial charge on any atom is -0.339 e. The minimum atomic E-state index is -0.299. The van der Waals surface area contributed by atoms with Crippen LogP contribution in [0.25, 0.3) is 0 Å². The standard InChI is InChI=1S/C13H25N3O/c1-3-15-8-10-16(11-9-15)12(17)13(2)6-4-5-7-14-13/h14H,3-11H2,1-2H3.